The number of nitrogens with zero attached hydrogens (tertiary/aromatic N) is 1. The number of nitrogens with two attached hydrogens (primary N) is 1. The van der Waals surface area contributed by atoms with Crippen LogP contribution in [0.5, 0.6) is 0 Å². The summed E-state index contributed by atoms with van der Waals surface area (Å²) in [4.78, 5) is 13.1. The minimum absolute atomic E-state index is 0.120. The Balaban J connectivity index is 2.20. The molecule has 0 bridgehead atoms. The highest BCUT2D eigenvalue weighted by Gasteiger charge is 2.18. The average Bonchev–Trinajstić information content (AvgIpc) is 2.45. The number of aryl methyl sites for hydroxylation is 1. The maximum atomic E-state index is 10.7. The Hall–Kier alpha value is -1.55. The summed E-state index contributed by atoms with van der Waals surface area (Å²) in [7, 11) is 0. The maximum Gasteiger partial charge on any atom is 0.303 e. The van der Waals surface area contributed by atoms with Crippen molar-refractivity contribution in [3.63, 3.8) is 0 Å². The first kappa shape index (κ1) is 14.9. The lowest BCUT2D eigenvalue weighted by molar-refractivity contribution is -0.137. The molecule has 1 saturated heterocycles. The van der Waals surface area contributed by atoms with Gasteiger partial charge in [-0.15, -0.1) is 0 Å². The molecular weight excluding hydrogens is 252 g/mol. The van der Waals surface area contributed by atoms with Crippen LogP contribution in [-0.2, 0) is 4.79 Å². The molecule has 0 spiro atoms. The van der Waals surface area contributed by atoms with Gasteiger partial charge in [-0.3, -0.25) is 4.79 Å². The van der Waals surface area contributed by atoms with Crippen molar-refractivity contribution >= 4 is 11.7 Å². The molecule has 110 valence electrons. The molecule has 0 saturated carbocycles. The van der Waals surface area contributed by atoms with Gasteiger partial charge in [0, 0.05) is 31.2 Å². The predicted octanol–water partition coefficient (Wildman–Crippen LogP) is 2.85. The first-order valence-corrected chi connectivity index (χ1v) is 7.41. The molecule has 0 aliphatic carbocycles. The molecule has 1 aliphatic rings. The van der Waals surface area contributed by atoms with Gasteiger partial charge in [0.1, 0.15) is 0 Å². The summed E-state index contributed by atoms with van der Waals surface area (Å²) in [6.07, 6.45) is 4.34. The van der Waals surface area contributed by atoms with E-state index in [1.54, 1.807) is 0 Å². The Bertz CT molecular complexity index is 468. The van der Waals surface area contributed by atoms with E-state index < -0.39 is 5.97 Å². The van der Waals surface area contributed by atoms with Crippen molar-refractivity contribution in [2.75, 3.05) is 18.0 Å². The fraction of sp³-hybridized carbons (Fsp3) is 0.562. The van der Waals surface area contributed by atoms with Gasteiger partial charge in [0.15, 0.2) is 0 Å². The Kier molecular flexibility index (Phi) is 5.01. The zero-order valence-corrected chi connectivity index (χ0v) is 12.1. The molecule has 4 heteroatoms. The zero-order valence-electron chi connectivity index (χ0n) is 12.1. The number of hydrogen-bond donors (Lipinski definition) is 2. The van der Waals surface area contributed by atoms with Gasteiger partial charge in [-0.25, -0.2) is 0 Å². The molecule has 4 nitrogen and oxygen atoms in total. The number of rotatable bonds is 5. The van der Waals surface area contributed by atoms with E-state index in [-0.39, 0.29) is 12.5 Å². The van der Waals surface area contributed by atoms with Gasteiger partial charge in [0.25, 0.3) is 0 Å². The van der Waals surface area contributed by atoms with Crippen LogP contribution in [0, 0.1) is 6.92 Å². The lowest BCUT2D eigenvalue weighted by Crippen LogP contribution is -2.31. The van der Waals surface area contributed by atoms with Crippen LogP contribution in [0.15, 0.2) is 18.2 Å². The zero-order chi connectivity index (χ0) is 14.5. The second-order valence-electron chi connectivity index (χ2n) is 5.65. The molecular formula is C16H24N2O2. The predicted molar refractivity (Wildman–Crippen MR) is 81.0 cm³/mol. The summed E-state index contributed by atoms with van der Waals surface area (Å²) >= 11 is 0. The smallest absolute Gasteiger partial charge is 0.303 e. The number of aliphatic carboxylic acids is 1. The van der Waals surface area contributed by atoms with Gasteiger partial charge in [-0.1, -0.05) is 17.7 Å². The normalized spacial score (nSPS) is 17.0. The summed E-state index contributed by atoms with van der Waals surface area (Å²) < 4.78 is 0. The average molecular weight is 276 g/mol. The van der Waals surface area contributed by atoms with Crippen LogP contribution in [0.3, 0.4) is 0 Å². The topological polar surface area (TPSA) is 66.6 Å². The lowest BCUT2D eigenvalue weighted by Gasteiger charge is -2.32. The van der Waals surface area contributed by atoms with E-state index in [2.05, 4.69) is 23.1 Å². The van der Waals surface area contributed by atoms with Crippen LogP contribution in [0.4, 0.5) is 5.69 Å². The molecule has 1 aromatic rings. The van der Waals surface area contributed by atoms with E-state index in [9.17, 15) is 4.79 Å². The van der Waals surface area contributed by atoms with E-state index >= 15 is 0 Å². The largest absolute Gasteiger partial charge is 0.481 e. The summed E-state index contributed by atoms with van der Waals surface area (Å²) in [6.45, 7) is 4.19. The Morgan fingerprint density at radius 3 is 2.70 bits per heavy atom. The highest BCUT2D eigenvalue weighted by atomic mass is 16.4. The fourth-order valence-corrected chi connectivity index (χ4v) is 2.83. The standard InChI is InChI=1S/C16H24N2O2/c1-12-5-7-15(18-9-3-2-4-10-18)13(11-12)14(17)6-8-16(19)20/h5,7,11,14H,2-4,6,8-10,17H2,1H3,(H,19,20). The molecule has 20 heavy (non-hydrogen) atoms. The van der Waals surface area contributed by atoms with Gasteiger partial charge in [-0.05, 0) is 44.2 Å². The molecule has 1 atom stereocenters. The van der Waals surface area contributed by atoms with Crippen molar-refractivity contribution < 1.29 is 9.90 Å². The van der Waals surface area contributed by atoms with Crippen molar-refractivity contribution in [2.24, 2.45) is 5.73 Å². The molecule has 1 unspecified atom stereocenters. The van der Waals surface area contributed by atoms with E-state index in [1.165, 1.54) is 30.5 Å². The van der Waals surface area contributed by atoms with E-state index in [0.29, 0.717) is 6.42 Å². The maximum absolute atomic E-state index is 10.7. The molecule has 0 radical (unpaired) electrons. The first-order chi connectivity index (χ1) is 9.58. The van der Waals surface area contributed by atoms with Crippen molar-refractivity contribution in [3.8, 4) is 0 Å². The second-order valence-corrected chi connectivity index (χ2v) is 5.65. The molecule has 0 aromatic heterocycles. The number of carboxylic acid groups (broad SMARTS) is 1. The van der Waals surface area contributed by atoms with Crippen LogP contribution < -0.4 is 10.6 Å². The number of carbonyl (C=O) groups is 1. The molecule has 2 rings (SSSR count). The van der Waals surface area contributed by atoms with Crippen molar-refractivity contribution in [2.45, 2.75) is 45.1 Å². The van der Waals surface area contributed by atoms with Crippen molar-refractivity contribution in [1.29, 1.82) is 0 Å². The SMILES string of the molecule is Cc1ccc(N2CCCCC2)c(C(N)CCC(=O)O)c1. The van der Waals surface area contributed by atoms with Crippen molar-refractivity contribution in [1.82, 2.24) is 0 Å². The number of benzene rings is 1. The van der Waals surface area contributed by atoms with Gasteiger partial charge < -0.3 is 15.7 Å². The van der Waals surface area contributed by atoms with Crippen LogP contribution in [0.25, 0.3) is 0 Å². The molecule has 3 N–H and O–H groups in total. The van der Waals surface area contributed by atoms with Crippen LogP contribution in [0.1, 0.15) is 49.3 Å². The Morgan fingerprint density at radius 2 is 2.05 bits per heavy atom. The lowest BCUT2D eigenvalue weighted by atomic mass is 9.97. The van der Waals surface area contributed by atoms with Crippen molar-refractivity contribution in [3.05, 3.63) is 29.3 Å². The minimum Gasteiger partial charge on any atom is -0.481 e. The first-order valence-electron chi connectivity index (χ1n) is 7.41. The Labute approximate surface area is 120 Å². The van der Waals surface area contributed by atoms with Gasteiger partial charge >= 0.3 is 5.97 Å². The van der Waals surface area contributed by atoms with Gasteiger partial charge in [0.2, 0.25) is 0 Å². The van der Waals surface area contributed by atoms with Crippen LogP contribution >= 0.6 is 0 Å². The monoisotopic (exact) mass is 276 g/mol. The summed E-state index contributed by atoms with van der Waals surface area (Å²) in [5.41, 5.74) is 9.68. The van der Waals surface area contributed by atoms with E-state index in [1.807, 2.05) is 6.92 Å². The highest BCUT2D eigenvalue weighted by molar-refractivity contribution is 5.67. The molecule has 1 aliphatic heterocycles. The Morgan fingerprint density at radius 1 is 1.35 bits per heavy atom. The molecule has 1 fully saturated rings. The number of carboxylic acids is 1. The van der Waals surface area contributed by atoms with Crippen LogP contribution in [0.2, 0.25) is 0 Å². The second kappa shape index (κ2) is 6.75. The number of anilines is 1. The third-order valence-corrected chi connectivity index (χ3v) is 3.95. The number of piperidine rings is 1. The molecule has 1 aromatic carbocycles. The third-order valence-electron chi connectivity index (χ3n) is 3.95. The van der Waals surface area contributed by atoms with E-state index in [4.69, 9.17) is 10.8 Å². The quantitative estimate of drug-likeness (QED) is 0.868. The summed E-state index contributed by atoms with van der Waals surface area (Å²) in [5.74, 6) is -0.785. The molecule has 1 heterocycles. The minimum atomic E-state index is -0.785. The highest BCUT2D eigenvalue weighted by Crippen LogP contribution is 2.30. The van der Waals surface area contributed by atoms with Crippen LogP contribution in [-0.4, -0.2) is 24.2 Å². The summed E-state index contributed by atoms with van der Waals surface area (Å²) in [6, 6.07) is 6.15. The molecule has 0 amide bonds. The fourth-order valence-electron chi connectivity index (χ4n) is 2.83. The van der Waals surface area contributed by atoms with E-state index in [0.717, 1.165) is 18.7 Å². The van der Waals surface area contributed by atoms with Gasteiger partial charge in [0.05, 0.1) is 0 Å². The number of hydrogen-bond acceptors (Lipinski definition) is 3. The summed E-state index contributed by atoms with van der Waals surface area (Å²) in [5, 5.41) is 8.82. The third kappa shape index (κ3) is 3.73. The van der Waals surface area contributed by atoms with Gasteiger partial charge in [-0.2, -0.15) is 0 Å².